The van der Waals surface area contributed by atoms with Crippen LogP contribution in [0.5, 0.6) is 11.5 Å². The molecule has 26 heavy (non-hydrogen) atoms. The van der Waals surface area contributed by atoms with Crippen LogP contribution in [0.15, 0.2) is 43.0 Å². The monoisotopic (exact) mass is 349 g/mol. The number of aryl methyl sites for hydroxylation is 2. The molecule has 3 heteroatoms. The van der Waals surface area contributed by atoms with Gasteiger partial charge >= 0.3 is 0 Å². The van der Waals surface area contributed by atoms with Gasteiger partial charge in [0.2, 0.25) is 0 Å². The number of ether oxygens (including phenoxy) is 2. The first-order valence-corrected chi connectivity index (χ1v) is 8.85. The minimum Gasteiger partial charge on any atom is -0.490 e. The standard InChI is InChI=1S/C23H27NO2/c1-6-9-20-14-19(15-22(25-8-3)23(20)26-12-7-2)16-24-21-13-17(4)10-11-18(21)5/h2,6,10-11,13-15,24H,1,8-9,12,16H2,3-5H3. The minimum atomic E-state index is 0.213. The number of rotatable bonds is 9. The van der Waals surface area contributed by atoms with Crippen molar-refractivity contribution in [1.29, 1.82) is 0 Å². The first kappa shape index (κ1) is 19.5. The molecule has 0 fully saturated rings. The van der Waals surface area contributed by atoms with Gasteiger partial charge in [0, 0.05) is 17.8 Å². The van der Waals surface area contributed by atoms with Gasteiger partial charge in [0.05, 0.1) is 6.61 Å². The highest BCUT2D eigenvalue weighted by atomic mass is 16.5. The molecule has 2 aromatic rings. The topological polar surface area (TPSA) is 30.5 Å². The van der Waals surface area contributed by atoms with Crippen LogP contribution in [0.25, 0.3) is 0 Å². The van der Waals surface area contributed by atoms with Crippen LogP contribution < -0.4 is 14.8 Å². The van der Waals surface area contributed by atoms with E-state index in [1.54, 1.807) is 0 Å². The number of anilines is 1. The molecular formula is C23H27NO2. The molecule has 0 spiro atoms. The maximum atomic E-state index is 5.80. The summed E-state index contributed by atoms with van der Waals surface area (Å²) in [4.78, 5) is 0. The number of benzene rings is 2. The van der Waals surface area contributed by atoms with Crippen molar-refractivity contribution in [3.05, 3.63) is 65.2 Å². The molecule has 0 unspecified atom stereocenters. The van der Waals surface area contributed by atoms with Crippen LogP contribution in [0.1, 0.15) is 29.2 Å². The lowest BCUT2D eigenvalue weighted by atomic mass is 10.0. The highest BCUT2D eigenvalue weighted by Gasteiger charge is 2.13. The zero-order valence-corrected chi connectivity index (χ0v) is 15.9. The van der Waals surface area contributed by atoms with E-state index in [2.05, 4.69) is 55.9 Å². The summed E-state index contributed by atoms with van der Waals surface area (Å²) >= 11 is 0. The van der Waals surface area contributed by atoms with E-state index < -0.39 is 0 Å². The van der Waals surface area contributed by atoms with Gasteiger partial charge < -0.3 is 14.8 Å². The van der Waals surface area contributed by atoms with E-state index in [1.807, 2.05) is 19.1 Å². The molecule has 0 heterocycles. The molecule has 136 valence electrons. The summed E-state index contributed by atoms with van der Waals surface area (Å²) < 4.78 is 11.5. The third-order valence-electron chi connectivity index (χ3n) is 4.03. The molecule has 0 aliphatic heterocycles. The second kappa shape index (κ2) is 9.58. The Labute approximate surface area is 157 Å². The van der Waals surface area contributed by atoms with Gasteiger partial charge in [-0.1, -0.05) is 24.1 Å². The molecule has 0 amide bonds. The van der Waals surface area contributed by atoms with Crippen molar-refractivity contribution >= 4 is 5.69 Å². The third-order valence-corrected chi connectivity index (χ3v) is 4.03. The predicted molar refractivity (Wildman–Crippen MR) is 109 cm³/mol. The molecule has 0 atom stereocenters. The summed E-state index contributed by atoms with van der Waals surface area (Å²) in [5.74, 6) is 3.94. The summed E-state index contributed by atoms with van der Waals surface area (Å²) in [6.07, 6.45) is 7.90. The van der Waals surface area contributed by atoms with Gasteiger partial charge in [-0.15, -0.1) is 13.0 Å². The van der Waals surface area contributed by atoms with Gasteiger partial charge in [-0.25, -0.2) is 0 Å². The molecule has 0 aromatic heterocycles. The SMILES string of the molecule is C#CCOc1c(CC=C)cc(CNc2cc(C)ccc2C)cc1OCC. The van der Waals surface area contributed by atoms with Crippen molar-refractivity contribution in [3.8, 4) is 23.8 Å². The fraction of sp³-hybridized carbons (Fsp3) is 0.304. The third kappa shape index (κ3) is 5.07. The minimum absolute atomic E-state index is 0.213. The van der Waals surface area contributed by atoms with E-state index in [9.17, 15) is 0 Å². The van der Waals surface area contributed by atoms with E-state index in [-0.39, 0.29) is 6.61 Å². The number of nitrogens with one attached hydrogen (secondary N) is 1. The second-order valence-corrected chi connectivity index (χ2v) is 6.17. The molecular weight excluding hydrogens is 322 g/mol. The van der Waals surface area contributed by atoms with E-state index in [1.165, 1.54) is 11.1 Å². The summed E-state index contributed by atoms with van der Waals surface area (Å²) in [6.45, 7) is 11.5. The van der Waals surface area contributed by atoms with Gasteiger partial charge in [0.1, 0.15) is 6.61 Å². The van der Waals surface area contributed by atoms with E-state index >= 15 is 0 Å². The maximum absolute atomic E-state index is 5.80. The van der Waals surface area contributed by atoms with Crippen molar-refractivity contribution < 1.29 is 9.47 Å². The van der Waals surface area contributed by atoms with Crippen LogP contribution in [0.3, 0.4) is 0 Å². The van der Waals surface area contributed by atoms with E-state index in [0.717, 1.165) is 22.6 Å². The smallest absolute Gasteiger partial charge is 0.166 e. The first-order chi connectivity index (χ1) is 12.6. The lowest BCUT2D eigenvalue weighted by Crippen LogP contribution is -2.06. The fourth-order valence-corrected chi connectivity index (χ4v) is 2.80. The first-order valence-electron chi connectivity index (χ1n) is 8.85. The maximum Gasteiger partial charge on any atom is 0.166 e. The molecule has 0 radical (unpaired) electrons. The Morgan fingerprint density at radius 3 is 2.69 bits per heavy atom. The zero-order chi connectivity index (χ0) is 18.9. The Morgan fingerprint density at radius 2 is 2.00 bits per heavy atom. The van der Waals surface area contributed by atoms with Gasteiger partial charge in [-0.05, 0) is 62.1 Å². The summed E-state index contributed by atoms with van der Waals surface area (Å²) in [5.41, 5.74) is 5.75. The molecule has 3 nitrogen and oxygen atoms in total. The molecule has 2 aromatic carbocycles. The summed E-state index contributed by atoms with van der Waals surface area (Å²) in [7, 11) is 0. The van der Waals surface area contributed by atoms with Crippen LogP contribution in [-0.2, 0) is 13.0 Å². The van der Waals surface area contributed by atoms with Crippen LogP contribution in [0.4, 0.5) is 5.69 Å². The second-order valence-electron chi connectivity index (χ2n) is 6.17. The fourth-order valence-electron chi connectivity index (χ4n) is 2.80. The lowest BCUT2D eigenvalue weighted by molar-refractivity contribution is 0.297. The molecule has 0 saturated heterocycles. The normalized spacial score (nSPS) is 10.1. The van der Waals surface area contributed by atoms with Crippen LogP contribution >= 0.6 is 0 Å². The Kier molecular flexibility index (Phi) is 7.17. The van der Waals surface area contributed by atoms with Gasteiger partial charge in [0.25, 0.3) is 0 Å². The lowest BCUT2D eigenvalue weighted by Gasteiger charge is -2.17. The van der Waals surface area contributed by atoms with Gasteiger partial charge in [0.15, 0.2) is 11.5 Å². The predicted octanol–water partition coefficient (Wildman–Crippen LogP) is 5.05. The number of allylic oxidation sites excluding steroid dienone is 1. The van der Waals surface area contributed by atoms with Gasteiger partial charge in [-0.3, -0.25) is 0 Å². The van der Waals surface area contributed by atoms with Gasteiger partial charge in [-0.2, -0.15) is 0 Å². The average Bonchev–Trinajstić information content (AvgIpc) is 2.62. The summed E-state index contributed by atoms with van der Waals surface area (Å²) in [5, 5.41) is 3.52. The summed E-state index contributed by atoms with van der Waals surface area (Å²) in [6, 6.07) is 10.5. The Bertz CT molecular complexity index is 803. The van der Waals surface area contributed by atoms with Crippen molar-refractivity contribution in [2.45, 2.75) is 33.7 Å². The zero-order valence-electron chi connectivity index (χ0n) is 15.9. The number of hydrogen-bond donors (Lipinski definition) is 1. The van der Waals surface area contributed by atoms with Crippen molar-refractivity contribution in [2.24, 2.45) is 0 Å². The molecule has 0 bridgehead atoms. The molecule has 2 rings (SSSR count). The Hall–Kier alpha value is -2.86. The average molecular weight is 349 g/mol. The molecule has 1 N–H and O–H groups in total. The quantitative estimate of drug-likeness (QED) is 0.507. The Balaban J connectivity index is 2.31. The highest BCUT2D eigenvalue weighted by Crippen LogP contribution is 2.34. The molecule has 0 aliphatic rings. The van der Waals surface area contributed by atoms with Crippen LogP contribution in [0, 0.1) is 26.2 Å². The highest BCUT2D eigenvalue weighted by molar-refractivity contribution is 5.55. The number of terminal acetylenes is 1. The van der Waals surface area contributed by atoms with Crippen molar-refractivity contribution in [2.75, 3.05) is 18.5 Å². The van der Waals surface area contributed by atoms with Crippen LogP contribution in [-0.4, -0.2) is 13.2 Å². The van der Waals surface area contributed by atoms with Crippen molar-refractivity contribution in [3.63, 3.8) is 0 Å². The molecule has 0 saturated carbocycles. The number of hydrogen-bond acceptors (Lipinski definition) is 3. The van der Waals surface area contributed by atoms with E-state index in [4.69, 9.17) is 15.9 Å². The van der Waals surface area contributed by atoms with Crippen molar-refractivity contribution in [1.82, 2.24) is 0 Å². The largest absolute Gasteiger partial charge is 0.490 e. The molecule has 0 aliphatic carbocycles. The Morgan fingerprint density at radius 1 is 1.19 bits per heavy atom. The van der Waals surface area contributed by atoms with Crippen LogP contribution in [0.2, 0.25) is 0 Å². The van der Waals surface area contributed by atoms with E-state index in [0.29, 0.717) is 25.3 Å².